The minimum absolute atomic E-state index is 0.0337. The number of carbonyl (C=O) groups is 1. The van der Waals surface area contributed by atoms with Crippen molar-refractivity contribution in [3.63, 3.8) is 0 Å². The molecule has 0 bridgehead atoms. The highest BCUT2D eigenvalue weighted by Gasteiger charge is 2.36. The normalized spacial score (nSPS) is 15.8. The van der Waals surface area contributed by atoms with Crippen LogP contribution in [0.5, 0.6) is 0 Å². The van der Waals surface area contributed by atoms with E-state index in [9.17, 15) is 9.59 Å². The Bertz CT molecular complexity index is 985. The van der Waals surface area contributed by atoms with Crippen molar-refractivity contribution in [1.29, 1.82) is 0 Å². The van der Waals surface area contributed by atoms with Crippen molar-refractivity contribution in [1.82, 2.24) is 5.32 Å². The number of fused-ring (bicyclic) bond motifs is 1. The van der Waals surface area contributed by atoms with Gasteiger partial charge in [0, 0.05) is 18.0 Å². The summed E-state index contributed by atoms with van der Waals surface area (Å²) in [6.45, 7) is 0.548. The van der Waals surface area contributed by atoms with Gasteiger partial charge in [-0.2, -0.15) is 0 Å². The lowest BCUT2D eigenvalue weighted by molar-refractivity contribution is 0.0916. The zero-order valence-corrected chi connectivity index (χ0v) is 14.5. The third-order valence-corrected chi connectivity index (χ3v) is 5.39. The molecule has 2 aromatic carbocycles. The van der Waals surface area contributed by atoms with Crippen LogP contribution in [0.25, 0.3) is 11.0 Å². The summed E-state index contributed by atoms with van der Waals surface area (Å²) < 4.78 is 5.65. The van der Waals surface area contributed by atoms with Gasteiger partial charge in [-0.05, 0) is 30.5 Å². The van der Waals surface area contributed by atoms with Gasteiger partial charge in [0.05, 0.1) is 5.39 Å². The molecular weight excluding hydrogens is 326 g/mol. The molecule has 1 N–H and O–H groups in total. The van der Waals surface area contributed by atoms with Crippen LogP contribution in [0.3, 0.4) is 0 Å². The first-order valence-electron chi connectivity index (χ1n) is 9.05. The summed E-state index contributed by atoms with van der Waals surface area (Å²) in [7, 11) is 0. The lowest BCUT2D eigenvalue weighted by Crippen LogP contribution is -2.39. The van der Waals surface area contributed by atoms with Crippen LogP contribution in [-0.2, 0) is 5.41 Å². The molecule has 132 valence electrons. The van der Waals surface area contributed by atoms with Crippen LogP contribution in [0.2, 0.25) is 0 Å². The van der Waals surface area contributed by atoms with Crippen molar-refractivity contribution >= 4 is 16.9 Å². The van der Waals surface area contributed by atoms with Crippen molar-refractivity contribution in [2.24, 2.45) is 0 Å². The number of para-hydroxylation sites is 1. The molecule has 1 aliphatic carbocycles. The molecule has 1 amide bonds. The molecule has 0 saturated heterocycles. The highest BCUT2D eigenvalue weighted by atomic mass is 16.3. The molecule has 26 heavy (non-hydrogen) atoms. The minimum atomic E-state index is -0.338. The average Bonchev–Trinajstić information content (AvgIpc) is 3.17. The van der Waals surface area contributed by atoms with Gasteiger partial charge >= 0.3 is 0 Å². The van der Waals surface area contributed by atoms with Crippen LogP contribution in [0.1, 0.15) is 41.8 Å². The molecule has 4 nitrogen and oxygen atoms in total. The number of nitrogens with one attached hydrogen (secondary N) is 1. The molecule has 0 unspecified atom stereocenters. The fourth-order valence-corrected chi connectivity index (χ4v) is 3.96. The Kier molecular flexibility index (Phi) is 4.33. The summed E-state index contributed by atoms with van der Waals surface area (Å²) in [6.07, 6.45) is 4.43. The van der Waals surface area contributed by atoms with Crippen molar-refractivity contribution in [3.05, 3.63) is 82.2 Å². The molecule has 4 heteroatoms. The summed E-state index contributed by atoms with van der Waals surface area (Å²) in [4.78, 5) is 24.8. The predicted molar refractivity (Wildman–Crippen MR) is 101 cm³/mol. The van der Waals surface area contributed by atoms with Gasteiger partial charge in [0.25, 0.3) is 5.91 Å². The van der Waals surface area contributed by atoms with E-state index < -0.39 is 0 Å². The number of rotatable bonds is 4. The van der Waals surface area contributed by atoms with Crippen molar-refractivity contribution in [3.8, 4) is 0 Å². The third-order valence-electron chi connectivity index (χ3n) is 5.39. The molecule has 1 aliphatic rings. The Morgan fingerprint density at radius 2 is 1.69 bits per heavy atom. The lowest BCUT2D eigenvalue weighted by Gasteiger charge is -2.30. The number of hydrogen-bond donors (Lipinski definition) is 1. The molecule has 0 spiro atoms. The van der Waals surface area contributed by atoms with Crippen LogP contribution in [-0.4, -0.2) is 12.5 Å². The minimum Gasteiger partial charge on any atom is -0.451 e. The molecule has 0 atom stereocenters. The van der Waals surface area contributed by atoms with Crippen molar-refractivity contribution < 1.29 is 9.21 Å². The molecule has 1 saturated carbocycles. The van der Waals surface area contributed by atoms with E-state index in [0.29, 0.717) is 17.5 Å². The van der Waals surface area contributed by atoms with Gasteiger partial charge < -0.3 is 9.73 Å². The maximum absolute atomic E-state index is 12.6. The Hall–Kier alpha value is -2.88. The van der Waals surface area contributed by atoms with Crippen LogP contribution >= 0.6 is 0 Å². The molecule has 0 radical (unpaired) electrons. The van der Waals surface area contributed by atoms with Gasteiger partial charge in [0.2, 0.25) is 0 Å². The third kappa shape index (κ3) is 3.03. The second-order valence-electron chi connectivity index (χ2n) is 7.01. The fraction of sp³-hybridized carbons (Fsp3) is 0.273. The van der Waals surface area contributed by atoms with Crippen LogP contribution in [0.4, 0.5) is 0 Å². The van der Waals surface area contributed by atoms with E-state index in [1.807, 2.05) is 18.2 Å². The largest absolute Gasteiger partial charge is 0.451 e. The topological polar surface area (TPSA) is 59.3 Å². The zero-order chi connectivity index (χ0) is 18.0. The Morgan fingerprint density at radius 1 is 1.00 bits per heavy atom. The number of benzene rings is 2. The van der Waals surface area contributed by atoms with E-state index >= 15 is 0 Å². The number of carbonyl (C=O) groups excluding carboxylic acids is 1. The average molecular weight is 347 g/mol. The van der Waals surface area contributed by atoms with E-state index in [2.05, 4.69) is 17.4 Å². The van der Waals surface area contributed by atoms with E-state index in [1.165, 1.54) is 11.6 Å². The van der Waals surface area contributed by atoms with Gasteiger partial charge in [-0.3, -0.25) is 9.59 Å². The van der Waals surface area contributed by atoms with E-state index in [-0.39, 0.29) is 22.5 Å². The molecule has 3 aromatic rings. The maximum atomic E-state index is 12.6. The van der Waals surface area contributed by atoms with Crippen LogP contribution in [0, 0.1) is 0 Å². The smallest absolute Gasteiger partial charge is 0.287 e. The Labute approximate surface area is 151 Å². The van der Waals surface area contributed by atoms with Gasteiger partial charge in [-0.1, -0.05) is 55.3 Å². The van der Waals surface area contributed by atoms with Crippen LogP contribution < -0.4 is 10.7 Å². The first-order valence-corrected chi connectivity index (χ1v) is 9.05. The Morgan fingerprint density at radius 3 is 2.46 bits per heavy atom. The molecule has 1 heterocycles. The summed E-state index contributed by atoms with van der Waals surface area (Å²) in [6, 6.07) is 18.6. The summed E-state index contributed by atoms with van der Waals surface area (Å²) in [5.74, 6) is -0.273. The molecule has 4 rings (SSSR count). The summed E-state index contributed by atoms with van der Waals surface area (Å²) in [5, 5.41) is 3.49. The highest BCUT2D eigenvalue weighted by molar-refractivity contribution is 5.93. The number of hydrogen-bond acceptors (Lipinski definition) is 3. The maximum Gasteiger partial charge on any atom is 0.287 e. The zero-order valence-electron chi connectivity index (χ0n) is 14.5. The predicted octanol–water partition coefficient (Wildman–Crippen LogP) is 4.03. The monoisotopic (exact) mass is 347 g/mol. The molecule has 0 aliphatic heterocycles. The second-order valence-corrected chi connectivity index (χ2v) is 7.01. The molecular formula is C22H21NO3. The van der Waals surface area contributed by atoms with Gasteiger partial charge in [-0.25, -0.2) is 0 Å². The second kappa shape index (κ2) is 6.79. The molecule has 1 aromatic heterocycles. The van der Waals surface area contributed by atoms with E-state index in [0.717, 1.165) is 25.7 Å². The first-order chi connectivity index (χ1) is 12.7. The quantitative estimate of drug-likeness (QED) is 0.775. The van der Waals surface area contributed by atoms with Crippen LogP contribution in [0.15, 0.2) is 69.9 Å². The molecule has 1 fully saturated rings. The SMILES string of the molecule is O=C(NCC1(c2ccccc2)CCCC1)c1cc(=O)c2ccccc2o1. The van der Waals surface area contributed by atoms with Gasteiger partial charge in [0.1, 0.15) is 5.58 Å². The first kappa shape index (κ1) is 16.6. The van der Waals surface area contributed by atoms with E-state index in [4.69, 9.17) is 4.42 Å². The Balaban J connectivity index is 1.57. The fourth-order valence-electron chi connectivity index (χ4n) is 3.96. The number of amides is 1. The van der Waals surface area contributed by atoms with E-state index in [1.54, 1.807) is 24.3 Å². The van der Waals surface area contributed by atoms with Gasteiger partial charge in [0.15, 0.2) is 11.2 Å². The van der Waals surface area contributed by atoms with Crippen molar-refractivity contribution in [2.45, 2.75) is 31.1 Å². The summed E-state index contributed by atoms with van der Waals surface area (Å²) >= 11 is 0. The lowest BCUT2D eigenvalue weighted by atomic mass is 9.79. The summed E-state index contributed by atoms with van der Waals surface area (Å²) in [5.41, 5.74) is 1.46. The standard InChI is InChI=1S/C22H21NO3/c24-18-14-20(26-19-11-5-4-10-17(18)19)21(25)23-15-22(12-6-7-13-22)16-8-2-1-3-9-16/h1-5,8-11,14H,6-7,12-13,15H2,(H,23,25). The highest BCUT2D eigenvalue weighted by Crippen LogP contribution is 2.40. The van der Waals surface area contributed by atoms with Crippen molar-refractivity contribution in [2.75, 3.05) is 6.54 Å². The van der Waals surface area contributed by atoms with Gasteiger partial charge in [-0.15, -0.1) is 0 Å².